The molecule has 1 aromatic rings. The van der Waals surface area contributed by atoms with E-state index in [1.807, 2.05) is 26.0 Å². The third-order valence-corrected chi connectivity index (χ3v) is 2.45. The van der Waals surface area contributed by atoms with Crippen LogP contribution < -0.4 is 0 Å². The van der Waals surface area contributed by atoms with Gasteiger partial charge in [0, 0.05) is 12.6 Å². The maximum Gasteiger partial charge on any atom is 0.325 e. The number of esters is 1. The summed E-state index contributed by atoms with van der Waals surface area (Å²) in [6.07, 6.45) is 0.779. The van der Waals surface area contributed by atoms with Crippen LogP contribution in [0.15, 0.2) is 24.3 Å². The number of benzene rings is 1. The lowest BCUT2D eigenvalue weighted by atomic mass is 10.1. The second-order valence-electron chi connectivity index (χ2n) is 4.25. The van der Waals surface area contributed by atoms with Crippen molar-refractivity contribution in [2.75, 3.05) is 20.2 Å². The Balaban J connectivity index is 2.59. The molecular weight excluding hydrogens is 230 g/mol. The van der Waals surface area contributed by atoms with Crippen molar-refractivity contribution in [2.24, 2.45) is 0 Å². The van der Waals surface area contributed by atoms with E-state index in [2.05, 4.69) is 0 Å². The molecule has 0 heterocycles. The van der Waals surface area contributed by atoms with Crippen molar-refractivity contribution in [3.8, 4) is 0 Å². The van der Waals surface area contributed by atoms with E-state index < -0.39 is 0 Å². The van der Waals surface area contributed by atoms with Crippen LogP contribution in [0, 0.1) is 6.92 Å². The predicted molar refractivity (Wildman–Crippen MR) is 69.4 cm³/mol. The average Bonchev–Trinajstić information content (AvgIpc) is 2.35. The third-order valence-electron chi connectivity index (χ3n) is 2.45. The Morgan fingerprint density at radius 1 is 1.33 bits per heavy atom. The first kappa shape index (κ1) is 14.2. The zero-order valence-corrected chi connectivity index (χ0v) is 11.1. The monoisotopic (exact) mass is 249 g/mol. The van der Waals surface area contributed by atoms with Crippen molar-refractivity contribution in [3.05, 3.63) is 35.4 Å². The molecule has 0 fully saturated rings. The summed E-state index contributed by atoms with van der Waals surface area (Å²) in [6.45, 7) is 4.22. The maximum atomic E-state index is 12.0. The molecule has 0 saturated heterocycles. The van der Waals surface area contributed by atoms with Crippen LogP contribution in [-0.2, 0) is 9.53 Å². The summed E-state index contributed by atoms with van der Waals surface area (Å²) in [7, 11) is 1.60. The van der Waals surface area contributed by atoms with Gasteiger partial charge in [-0.05, 0) is 25.5 Å². The highest BCUT2D eigenvalue weighted by molar-refractivity contribution is 5.95. The Morgan fingerprint density at radius 2 is 2.06 bits per heavy atom. The quantitative estimate of drug-likeness (QED) is 0.750. The molecule has 0 spiro atoms. The summed E-state index contributed by atoms with van der Waals surface area (Å²) in [5, 5.41) is 0. The molecule has 98 valence electrons. The summed E-state index contributed by atoms with van der Waals surface area (Å²) in [4.78, 5) is 24.8. The maximum absolute atomic E-state index is 12.0. The highest BCUT2D eigenvalue weighted by Crippen LogP contribution is 2.06. The Morgan fingerprint density at radius 3 is 2.67 bits per heavy atom. The fraction of sp³-hybridized carbons (Fsp3) is 0.429. The second-order valence-corrected chi connectivity index (χ2v) is 4.25. The van der Waals surface area contributed by atoms with E-state index in [1.165, 1.54) is 4.90 Å². The normalized spacial score (nSPS) is 9.94. The predicted octanol–water partition coefficient (Wildman–Crippen LogP) is 2.02. The highest BCUT2D eigenvalue weighted by Gasteiger charge is 2.15. The van der Waals surface area contributed by atoms with Crippen LogP contribution in [0.5, 0.6) is 0 Å². The number of rotatable bonds is 5. The van der Waals surface area contributed by atoms with Crippen LogP contribution in [-0.4, -0.2) is 37.0 Å². The SMILES string of the molecule is CCCOC(=O)CN(C)C(=O)c1cccc(C)c1. The van der Waals surface area contributed by atoms with Crippen LogP contribution >= 0.6 is 0 Å². The minimum Gasteiger partial charge on any atom is -0.464 e. The van der Waals surface area contributed by atoms with Crippen LogP contribution in [0.3, 0.4) is 0 Å². The Bertz CT molecular complexity index is 429. The molecule has 0 unspecified atom stereocenters. The molecule has 0 N–H and O–H groups in total. The Hall–Kier alpha value is -1.84. The van der Waals surface area contributed by atoms with E-state index in [9.17, 15) is 9.59 Å². The zero-order valence-electron chi connectivity index (χ0n) is 11.1. The molecule has 1 aromatic carbocycles. The lowest BCUT2D eigenvalue weighted by Crippen LogP contribution is -2.33. The van der Waals surface area contributed by atoms with Gasteiger partial charge in [0.05, 0.1) is 6.61 Å². The standard InChI is InChI=1S/C14H19NO3/c1-4-8-18-13(16)10-15(3)14(17)12-7-5-6-11(2)9-12/h5-7,9H,4,8,10H2,1-3H3. The minimum atomic E-state index is -0.375. The van der Waals surface area contributed by atoms with Crippen molar-refractivity contribution in [2.45, 2.75) is 20.3 Å². The summed E-state index contributed by atoms with van der Waals surface area (Å²) in [6, 6.07) is 7.29. The van der Waals surface area contributed by atoms with Crippen LogP contribution in [0.2, 0.25) is 0 Å². The van der Waals surface area contributed by atoms with Gasteiger partial charge in [0.25, 0.3) is 5.91 Å². The van der Waals surface area contributed by atoms with Crippen LogP contribution in [0.25, 0.3) is 0 Å². The van der Waals surface area contributed by atoms with Gasteiger partial charge >= 0.3 is 5.97 Å². The molecular formula is C14H19NO3. The van der Waals surface area contributed by atoms with Crippen LogP contribution in [0.4, 0.5) is 0 Å². The van der Waals surface area contributed by atoms with Gasteiger partial charge in [0.2, 0.25) is 0 Å². The molecule has 0 saturated carbocycles. The van der Waals surface area contributed by atoms with Crippen molar-refractivity contribution >= 4 is 11.9 Å². The number of ether oxygens (including phenoxy) is 1. The average molecular weight is 249 g/mol. The van der Waals surface area contributed by atoms with E-state index >= 15 is 0 Å². The van der Waals surface area contributed by atoms with Gasteiger partial charge in [-0.15, -0.1) is 0 Å². The van der Waals surface area contributed by atoms with Crippen LogP contribution in [0.1, 0.15) is 29.3 Å². The Kier molecular flexibility index (Phi) is 5.36. The zero-order chi connectivity index (χ0) is 13.5. The largest absolute Gasteiger partial charge is 0.464 e. The van der Waals surface area contributed by atoms with Crippen molar-refractivity contribution in [1.29, 1.82) is 0 Å². The molecule has 0 atom stereocenters. The molecule has 0 aliphatic heterocycles. The van der Waals surface area contributed by atoms with Gasteiger partial charge in [-0.25, -0.2) is 0 Å². The van der Waals surface area contributed by atoms with E-state index in [1.54, 1.807) is 19.2 Å². The number of nitrogens with zero attached hydrogens (tertiary/aromatic N) is 1. The molecule has 18 heavy (non-hydrogen) atoms. The lowest BCUT2D eigenvalue weighted by Gasteiger charge is -2.16. The summed E-state index contributed by atoms with van der Waals surface area (Å²) >= 11 is 0. The third kappa shape index (κ3) is 4.20. The van der Waals surface area contributed by atoms with Gasteiger partial charge in [0.15, 0.2) is 0 Å². The number of likely N-dealkylation sites (N-methyl/N-ethyl adjacent to an activating group) is 1. The fourth-order valence-corrected chi connectivity index (χ4v) is 1.53. The molecule has 0 aliphatic rings. The number of aryl methyl sites for hydroxylation is 1. The van der Waals surface area contributed by atoms with Gasteiger partial charge in [-0.1, -0.05) is 24.6 Å². The highest BCUT2D eigenvalue weighted by atomic mass is 16.5. The van der Waals surface area contributed by atoms with Gasteiger partial charge in [0.1, 0.15) is 6.54 Å². The van der Waals surface area contributed by atoms with Crippen molar-refractivity contribution in [3.63, 3.8) is 0 Å². The number of carbonyl (C=O) groups is 2. The lowest BCUT2D eigenvalue weighted by molar-refractivity contribution is -0.144. The minimum absolute atomic E-state index is 0.0211. The van der Waals surface area contributed by atoms with Gasteiger partial charge in [-0.3, -0.25) is 9.59 Å². The molecule has 0 bridgehead atoms. The van der Waals surface area contributed by atoms with E-state index in [0.29, 0.717) is 12.2 Å². The first-order valence-corrected chi connectivity index (χ1v) is 6.02. The summed E-state index contributed by atoms with van der Waals surface area (Å²) in [5.41, 5.74) is 1.60. The first-order chi connectivity index (χ1) is 8.54. The molecule has 0 radical (unpaired) electrons. The van der Waals surface area contributed by atoms with Crippen molar-refractivity contribution < 1.29 is 14.3 Å². The van der Waals surface area contributed by atoms with E-state index in [4.69, 9.17) is 4.74 Å². The number of hydrogen-bond donors (Lipinski definition) is 0. The molecule has 1 amide bonds. The molecule has 0 aliphatic carbocycles. The number of hydrogen-bond acceptors (Lipinski definition) is 3. The van der Waals surface area contributed by atoms with E-state index in [0.717, 1.165) is 12.0 Å². The molecule has 4 nitrogen and oxygen atoms in total. The van der Waals surface area contributed by atoms with Crippen molar-refractivity contribution in [1.82, 2.24) is 4.90 Å². The topological polar surface area (TPSA) is 46.6 Å². The smallest absolute Gasteiger partial charge is 0.325 e. The van der Waals surface area contributed by atoms with Gasteiger partial charge < -0.3 is 9.64 Å². The number of amides is 1. The van der Waals surface area contributed by atoms with E-state index in [-0.39, 0.29) is 18.4 Å². The molecule has 1 rings (SSSR count). The first-order valence-electron chi connectivity index (χ1n) is 6.02. The Labute approximate surface area is 108 Å². The number of carbonyl (C=O) groups excluding carboxylic acids is 2. The van der Waals surface area contributed by atoms with Gasteiger partial charge in [-0.2, -0.15) is 0 Å². The molecule has 0 aromatic heterocycles. The summed E-state index contributed by atoms with van der Waals surface area (Å²) < 4.78 is 4.94. The second kappa shape index (κ2) is 6.79. The summed E-state index contributed by atoms with van der Waals surface area (Å²) in [5.74, 6) is -0.549. The fourth-order valence-electron chi connectivity index (χ4n) is 1.53. The molecule has 4 heteroatoms.